The molecular formula is C51H30N4S2. The molecule has 12 rings (SSSR count). The van der Waals surface area contributed by atoms with Gasteiger partial charge in [-0.3, -0.25) is 0 Å². The van der Waals surface area contributed by atoms with E-state index in [1.165, 1.54) is 79.0 Å². The summed E-state index contributed by atoms with van der Waals surface area (Å²) in [4.78, 5) is 15.1. The molecule has 4 heterocycles. The molecule has 4 nitrogen and oxygen atoms in total. The first-order valence-electron chi connectivity index (χ1n) is 19.0. The van der Waals surface area contributed by atoms with Crippen LogP contribution in [0.2, 0.25) is 0 Å². The van der Waals surface area contributed by atoms with Crippen molar-refractivity contribution in [1.82, 2.24) is 19.5 Å². The molecule has 0 N–H and O–H groups in total. The first-order valence-corrected chi connectivity index (χ1v) is 20.7. The summed E-state index contributed by atoms with van der Waals surface area (Å²) in [5.74, 6) is 2.00. The highest BCUT2D eigenvalue weighted by Gasteiger charge is 2.20. The van der Waals surface area contributed by atoms with Crippen molar-refractivity contribution >= 4 is 84.8 Å². The number of thiophene rings is 2. The molecule has 266 valence electrons. The number of rotatable bonds is 5. The molecule has 0 saturated heterocycles. The van der Waals surface area contributed by atoms with E-state index in [-0.39, 0.29) is 0 Å². The average Bonchev–Trinajstić information content (AvgIpc) is 3.96. The Bertz CT molecular complexity index is 3410. The first-order chi connectivity index (χ1) is 28.3. The van der Waals surface area contributed by atoms with Crippen LogP contribution in [0.1, 0.15) is 0 Å². The van der Waals surface area contributed by atoms with Crippen LogP contribution >= 0.6 is 22.7 Å². The van der Waals surface area contributed by atoms with Gasteiger partial charge >= 0.3 is 0 Å². The van der Waals surface area contributed by atoms with Crippen LogP contribution in [0, 0.1) is 0 Å². The van der Waals surface area contributed by atoms with Crippen LogP contribution in [0.3, 0.4) is 0 Å². The van der Waals surface area contributed by atoms with Gasteiger partial charge in [0.15, 0.2) is 17.5 Å². The van der Waals surface area contributed by atoms with E-state index in [0.717, 1.165) is 16.7 Å². The Balaban J connectivity index is 1.02. The number of hydrogen-bond acceptors (Lipinski definition) is 5. The maximum Gasteiger partial charge on any atom is 0.165 e. The van der Waals surface area contributed by atoms with Crippen molar-refractivity contribution in [2.45, 2.75) is 0 Å². The normalized spacial score (nSPS) is 11.9. The summed E-state index contributed by atoms with van der Waals surface area (Å²) in [5, 5.41) is 7.56. The van der Waals surface area contributed by atoms with Gasteiger partial charge in [0.25, 0.3) is 0 Å². The number of fused-ring (bicyclic) bond motifs is 9. The van der Waals surface area contributed by atoms with Gasteiger partial charge in [0.1, 0.15) is 0 Å². The van der Waals surface area contributed by atoms with Crippen molar-refractivity contribution in [2.75, 3.05) is 0 Å². The summed E-state index contributed by atoms with van der Waals surface area (Å²) >= 11 is 3.69. The molecule has 12 aromatic rings. The second-order valence-electron chi connectivity index (χ2n) is 14.3. The van der Waals surface area contributed by atoms with E-state index in [1.807, 2.05) is 59.1 Å². The molecule has 0 aliphatic carbocycles. The molecule has 8 aromatic carbocycles. The molecule has 0 unspecified atom stereocenters. The minimum atomic E-state index is 0.664. The lowest BCUT2D eigenvalue weighted by Gasteiger charge is -2.10. The Hall–Kier alpha value is -6.99. The Labute approximate surface area is 335 Å². The second kappa shape index (κ2) is 12.8. The molecule has 57 heavy (non-hydrogen) atoms. The fourth-order valence-corrected chi connectivity index (χ4v) is 11.0. The highest BCUT2D eigenvalue weighted by Crippen LogP contribution is 2.46. The zero-order chi connectivity index (χ0) is 37.5. The average molecular weight is 763 g/mol. The number of benzene rings is 8. The van der Waals surface area contributed by atoms with Crippen LogP contribution in [0.5, 0.6) is 0 Å². The van der Waals surface area contributed by atoms with Gasteiger partial charge in [-0.1, -0.05) is 146 Å². The summed E-state index contributed by atoms with van der Waals surface area (Å²) < 4.78 is 7.44. The van der Waals surface area contributed by atoms with E-state index in [0.29, 0.717) is 17.5 Å². The molecule has 4 aromatic heterocycles. The van der Waals surface area contributed by atoms with Crippen LogP contribution in [0.15, 0.2) is 182 Å². The second-order valence-corrected chi connectivity index (χ2v) is 16.4. The Morgan fingerprint density at radius 3 is 1.60 bits per heavy atom. The van der Waals surface area contributed by atoms with Crippen LogP contribution in [-0.4, -0.2) is 19.5 Å². The molecule has 0 saturated carbocycles. The standard InChI is InChI=1S/C51H30N4S2/c1-3-14-31(15-4-1)49-52-50(32-16-5-2-6-17-32)54-51(53-49)40-23-12-21-38-37-29-28-33(30-45(37)57-48(38)40)34-20-11-22-39-46-43(26-13-27-44(46)56-47(34)39)55-41-24-9-7-18-35(41)36-19-8-10-25-42(36)55/h1-30H. The van der Waals surface area contributed by atoms with Crippen molar-refractivity contribution in [3.63, 3.8) is 0 Å². The van der Waals surface area contributed by atoms with E-state index in [1.54, 1.807) is 0 Å². The third-order valence-electron chi connectivity index (χ3n) is 11.1. The van der Waals surface area contributed by atoms with Gasteiger partial charge < -0.3 is 4.57 Å². The topological polar surface area (TPSA) is 43.6 Å². The molecule has 0 atom stereocenters. The molecule has 0 fully saturated rings. The van der Waals surface area contributed by atoms with Gasteiger partial charge in [-0.2, -0.15) is 0 Å². The summed E-state index contributed by atoms with van der Waals surface area (Å²) in [5.41, 5.74) is 9.05. The lowest BCUT2D eigenvalue weighted by molar-refractivity contribution is 1.08. The van der Waals surface area contributed by atoms with E-state index in [9.17, 15) is 0 Å². The van der Waals surface area contributed by atoms with Crippen molar-refractivity contribution in [2.24, 2.45) is 0 Å². The van der Waals surface area contributed by atoms with Gasteiger partial charge in [0.2, 0.25) is 0 Å². The molecule has 0 radical (unpaired) electrons. The van der Waals surface area contributed by atoms with Crippen molar-refractivity contribution in [3.8, 4) is 51.0 Å². The number of hydrogen-bond donors (Lipinski definition) is 0. The zero-order valence-electron chi connectivity index (χ0n) is 30.4. The van der Waals surface area contributed by atoms with Gasteiger partial charge in [-0.25, -0.2) is 15.0 Å². The quantitative estimate of drug-likeness (QED) is 0.175. The van der Waals surface area contributed by atoms with Gasteiger partial charge in [0, 0.05) is 67.8 Å². The first kappa shape index (κ1) is 32.3. The third kappa shape index (κ3) is 5.08. The minimum Gasteiger partial charge on any atom is -0.309 e. The molecule has 0 amide bonds. The molecule has 0 aliphatic rings. The Morgan fingerprint density at radius 2 is 0.895 bits per heavy atom. The van der Waals surface area contributed by atoms with E-state index >= 15 is 0 Å². The van der Waals surface area contributed by atoms with Gasteiger partial charge in [-0.05, 0) is 47.5 Å². The van der Waals surface area contributed by atoms with Crippen LogP contribution in [-0.2, 0) is 0 Å². The van der Waals surface area contributed by atoms with Crippen LogP contribution in [0.25, 0.3) is 113 Å². The van der Waals surface area contributed by atoms with Crippen LogP contribution in [0.4, 0.5) is 0 Å². The molecular weight excluding hydrogens is 733 g/mol. The molecule has 6 heteroatoms. The maximum atomic E-state index is 5.08. The maximum absolute atomic E-state index is 5.08. The zero-order valence-corrected chi connectivity index (χ0v) is 32.1. The lowest BCUT2D eigenvalue weighted by Crippen LogP contribution is -2.00. The van der Waals surface area contributed by atoms with Crippen molar-refractivity contribution in [3.05, 3.63) is 182 Å². The molecule has 0 aliphatic heterocycles. The van der Waals surface area contributed by atoms with Crippen molar-refractivity contribution in [1.29, 1.82) is 0 Å². The van der Waals surface area contributed by atoms with Gasteiger partial charge in [0.05, 0.1) is 16.7 Å². The summed E-state index contributed by atoms with van der Waals surface area (Å²) in [7, 11) is 0. The largest absolute Gasteiger partial charge is 0.309 e. The molecule has 0 spiro atoms. The van der Waals surface area contributed by atoms with Crippen molar-refractivity contribution < 1.29 is 0 Å². The lowest BCUT2D eigenvalue weighted by atomic mass is 10.0. The Morgan fingerprint density at radius 1 is 0.351 bits per heavy atom. The monoisotopic (exact) mass is 762 g/mol. The van der Waals surface area contributed by atoms with E-state index in [2.05, 4.69) is 150 Å². The smallest absolute Gasteiger partial charge is 0.165 e. The van der Waals surface area contributed by atoms with E-state index < -0.39 is 0 Å². The predicted octanol–water partition coefficient (Wildman–Crippen LogP) is 14.4. The molecule has 0 bridgehead atoms. The van der Waals surface area contributed by atoms with Gasteiger partial charge in [-0.15, -0.1) is 22.7 Å². The SMILES string of the molecule is c1ccc(-c2nc(-c3ccccc3)nc(-c3cccc4c3sc3cc(-c5cccc6c5sc5cccc(-n7c8ccccc8c8ccccc87)c56)ccc34)n2)cc1. The highest BCUT2D eigenvalue weighted by molar-refractivity contribution is 7.27. The Kier molecular flexibility index (Phi) is 7.24. The summed E-state index contributed by atoms with van der Waals surface area (Å²) in [6.07, 6.45) is 0. The summed E-state index contributed by atoms with van der Waals surface area (Å²) in [6, 6.07) is 64.8. The van der Waals surface area contributed by atoms with E-state index in [4.69, 9.17) is 15.0 Å². The number of para-hydroxylation sites is 2. The predicted molar refractivity (Wildman–Crippen MR) is 242 cm³/mol. The third-order valence-corrected chi connectivity index (χ3v) is 13.5. The van der Waals surface area contributed by atoms with Crippen LogP contribution < -0.4 is 0 Å². The minimum absolute atomic E-state index is 0.664. The highest BCUT2D eigenvalue weighted by atomic mass is 32.1. The fourth-order valence-electron chi connectivity index (χ4n) is 8.50. The number of nitrogens with zero attached hydrogens (tertiary/aromatic N) is 4. The fraction of sp³-hybridized carbons (Fsp3) is 0. The summed E-state index contributed by atoms with van der Waals surface area (Å²) in [6.45, 7) is 0. The number of aromatic nitrogens is 4.